The summed E-state index contributed by atoms with van der Waals surface area (Å²) < 4.78 is 0. The van der Waals surface area contributed by atoms with E-state index in [0.717, 1.165) is 72.3 Å². The summed E-state index contributed by atoms with van der Waals surface area (Å²) in [5.41, 5.74) is 13.0. The molecule has 0 aliphatic heterocycles. The van der Waals surface area contributed by atoms with Crippen LogP contribution in [0.3, 0.4) is 0 Å². The summed E-state index contributed by atoms with van der Waals surface area (Å²) in [5.74, 6) is 3.10. The molecule has 0 saturated carbocycles. The molecule has 7 heteroatoms. The summed E-state index contributed by atoms with van der Waals surface area (Å²) in [5, 5.41) is 0. The van der Waals surface area contributed by atoms with Crippen LogP contribution in [0.25, 0.3) is 101 Å². The van der Waals surface area contributed by atoms with Gasteiger partial charge in [0.05, 0.1) is 0 Å². The molecule has 0 saturated heterocycles. The largest absolute Gasteiger partial charge is 0.237 e. The van der Waals surface area contributed by atoms with Gasteiger partial charge in [-0.1, -0.05) is 146 Å². The van der Waals surface area contributed by atoms with Crippen LogP contribution in [0.2, 0.25) is 0 Å². The predicted octanol–water partition coefficient (Wildman–Crippen LogP) is 12.5. The Kier molecular flexibility index (Phi) is 9.79. The van der Waals surface area contributed by atoms with Gasteiger partial charge in [-0.25, -0.2) is 34.9 Å². The van der Waals surface area contributed by atoms with E-state index in [0.29, 0.717) is 29.1 Å². The van der Waals surface area contributed by atoms with E-state index in [1.165, 1.54) is 0 Å². The Morgan fingerprint density at radius 3 is 0.900 bits per heavy atom. The van der Waals surface area contributed by atoms with Gasteiger partial charge in [0.1, 0.15) is 0 Å². The molecule has 10 aromatic rings. The number of hydrogen-bond acceptors (Lipinski definition) is 7. The first-order chi connectivity index (χ1) is 29.7. The van der Waals surface area contributed by atoms with Crippen molar-refractivity contribution in [2.24, 2.45) is 0 Å². The second-order valence-electron chi connectivity index (χ2n) is 14.3. The number of rotatable bonds is 9. The molecular weight excluding hydrogens is 735 g/mol. The lowest BCUT2D eigenvalue weighted by atomic mass is 9.94. The monoisotopic (exact) mass is 769 g/mol. The Morgan fingerprint density at radius 2 is 0.483 bits per heavy atom. The van der Waals surface area contributed by atoms with Gasteiger partial charge >= 0.3 is 0 Å². The molecule has 0 fully saturated rings. The molecular formula is C53H35N7. The van der Waals surface area contributed by atoms with Gasteiger partial charge in [0.2, 0.25) is 0 Å². The fourth-order valence-corrected chi connectivity index (χ4v) is 7.31. The normalized spacial score (nSPS) is 11.0. The van der Waals surface area contributed by atoms with Crippen molar-refractivity contribution < 1.29 is 0 Å². The zero-order valence-electron chi connectivity index (χ0n) is 32.3. The summed E-state index contributed by atoms with van der Waals surface area (Å²) in [6.45, 7) is 0. The molecule has 7 aromatic carbocycles. The molecule has 3 aromatic heterocycles. The minimum absolute atomic E-state index is 0.567. The second-order valence-corrected chi connectivity index (χ2v) is 14.3. The minimum Gasteiger partial charge on any atom is -0.237 e. The summed E-state index contributed by atoms with van der Waals surface area (Å²) in [6.07, 6.45) is 7.03. The molecule has 282 valence electrons. The van der Waals surface area contributed by atoms with Crippen LogP contribution in [0.5, 0.6) is 0 Å². The van der Waals surface area contributed by atoms with Crippen molar-refractivity contribution in [3.05, 3.63) is 213 Å². The highest BCUT2D eigenvalue weighted by Gasteiger charge is 2.17. The average molecular weight is 770 g/mol. The van der Waals surface area contributed by atoms with Crippen molar-refractivity contribution in [2.45, 2.75) is 0 Å². The van der Waals surface area contributed by atoms with Crippen LogP contribution in [0, 0.1) is 0 Å². The van der Waals surface area contributed by atoms with E-state index >= 15 is 0 Å². The zero-order valence-corrected chi connectivity index (χ0v) is 32.3. The topological polar surface area (TPSA) is 90.2 Å². The van der Waals surface area contributed by atoms with Gasteiger partial charge in [-0.15, -0.1) is 0 Å². The lowest BCUT2D eigenvalue weighted by Gasteiger charge is -2.14. The number of hydrogen-bond donors (Lipinski definition) is 0. The summed E-state index contributed by atoms with van der Waals surface area (Å²) in [4.78, 5) is 33.5. The van der Waals surface area contributed by atoms with Crippen molar-refractivity contribution in [1.82, 2.24) is 34.9 Å². The molecule has 0 amide bonds. The Morgan fingerprint density at radius 1 is 0.183 bits per heavy atom. The van der Waals surface area contributed by atoms with E-state index in [-0.39, 0.29) is 0 Å². The van der Waals surface area contributed by atoms with Crippen molar-refractivity contribution >= 4 is 0 Å². The molecule has 0 bridgehead atoms. The standard InChI is InChI=1S/C53H35N7/c1-3-11-36(12-4-1)42-15-7-17-44(31-42)51-58-52(45-18-8-16-43(32-45)37-13-5-2-6-14-37)60-53(59-51)48-34-46(38-19-23-40(24-20-38)49-54-27-9-28-55-49)33-47(35-48)39-21-25-41(26-22-39)50-56-29-10-30-57-50/h1-35H. The van der Waals surface area contributed by atoms with Gasteiger partial charge in [0.25, 0.3) is 0 Å². The van der Waals surface area contributed by atoms with E-state index < -0.39 is 0 Å². The van der Waals surface area contributed by atoms with E-state index in [9.17, 15) is 0 Å². The number of nitrogens with zero attached hydrogens (tertiary/aromatic N) is 7. The third-order valence-electron chi connectivity index (χ3n) is 10.4. The van der Waals surface area contributed by atoms with Crippen LogP contribution >= 0.6 is 0 Å². The molecule has 10 rings (SSSR count). The molecule has 0 aliphatic carbocycles. The van der Waals surface area contributed by atoms with Crippen molar-refractivity contribution in [2.75, 3.05) is 0 Å². The minimum atomic E-state index is 0.567. The first-order valence-corrected chi connectivity index (χ1v) is 19.7. The lowest BCUT2D eigenvalue weighted by Crippen LogP contribution is -2.01. The van der Waals surface area contributed by atoms with Crippen LogP contribution in [0.1, 0.15) is 0 Å². The first-order valence-electron chi connectivity index (χ1n) is 19.7. The zero-order chi connectivity index (χ0) is 40.1. The molecule has 0 radical (unpaired) electrons. The summed E-state index contributed by atoms with van der Waals surface area (Å²) in [6, 6.07) is 64.4. The number of benzene rings is 7. The Bertz CT molecular complexity index is 2850. The molecule has 0 spiro atoms. The third kappa shape index (κ3) is 7.71. The Balaban J connectivity index is 1.14. The maximum Gasteiger partial charge on any atom is 0.164 e. The molecule has 0 unspecified atom stereocenters. The fraction of sp³-hybridized carbons (Fsp3) is 0. The maximum atomic E-state index is 5.24. The van der Waals surface area contributed by atoms with Crippen LogP contribution in [0.15, 0.2) is 213 Å². The molecule has 0 N–H and O–H groups in total. The van der Waals surface area contributed by atoms with Crippen LogP contribution in [-0.4, -0.2) is 34.9 Å². The van der Waals surface area contributed by atoms with Gasteiger partial charge in [-0.3, -0.25) is 0 Å². The SMILES string of the molecule is c1ccc(-c2cccc(-c3nc(-c4cccc(-c5ccccc5)c4)nc(-c4cc(-c5ccc(-c6ncccn6)cc5)cc(-c5ccc(-c6ncccn6)cc5)c4)n3)c2)cc1. The van der Waals surface area contributed by atoms with Crippen molar-refractivity contribution in [3.63, 3.8) is 0 Å². The van der Waals surface area contributed by atoms with Gasteiger partial charge in [0.15, 0.2) is 29.1 Å². The molecule has 3 heterocycles. The molecule has 7 nitrogen and oxygen atoms in total. The van der Waals surface area contributed by atoms with E-state index in [4.69, 9.17) is 15.0 Å². The van der Waals surface area contributed by atoms with Gasteiger partial charge in [0, 0.05) is 52.6 Å². The van der Waals surface area contributed by atoms with Crippen molar-refractivity contribution in [3.8, 4) is 101 Å². The van der Waals surface area contributed by atoms with E-state index in [1.54, 1.807) is 24.8 Å². The lowest BCUT2D eigenvalue weighted by molar-refractivity contribution is 1.07. The van der Waals surface area contributed by atoms with Gasteiger partial charge in [-0.05, 0) is 87.0 Å². The Labute approximate surface area is 347 Å². The highest BCUT2D eigenvalue weighted by molar-refractivity contribution is 5.82. The van der Waals surface area contributed by atoms with Crippen LogP contribution in [0.4, 0.5) is 0 Å². The second kappa shape index (κ2) is 16.3. The highest BCUT2D eigenvalue weighted by atomic mass is 15.0. The van der Waals surface area contributed by atoms with Crippen LogP contribution in [-0.2, 0) is 0 Å². The molecule has 60 heavy (non-hydrogen) atoms. The summed E-state index contributed by atoms with van der Waals surface area (Å²) >= 11 is 0. The predicted molar refractivity (Wildman–Crippen MR) is 240 cm³/mol. The van der Waals surface area contributed by atoms with E-state index in [2.05, 4.69) is 184 Å². The smallest absolute Gasteiger partial charge is 0.164 e. The van der Waals surface area contributed by atoms with Gasteiger partial charge in [-0.2, -0.15) is 0 Å². The molecule has 0 aliphatic rings. The Hall–Kier alpha value is -8.29. The quantitative estimate of drug-likeness (QED) is 0.144. The average Bonchev–Trinajstić information content (AvgIpc) is 3.35. The van der Waals surface area contributed by atoms with Crippen LogP contribution < -0.4 is 0 Å². The van der Waals surface area contributed by atoms with Gasteiger partial charge < -0.3 is 0 Å². The summed E-state index contributed by atoms with van der Waals surface area (Å²) in [7, 11) is 0. The van der Waals surface area contributed by atoms with Crippen molar-refractivity contribution in [1.29, 1.82) is 0 Å². The fourth-order valence-electron chi connectivity index (χ4n) is 7.31. The molecule has 0 atom stereocenters. The first kappa shape index (κ1) is 36.1. The maximum absolute atomic E-state index is 5.24. The number of aromatic nitrogens is 7. The van der Waals surface area contributed by atoms with E-state index in [1.807, 2.05) is 24.3 Å². The highest BCUT2D eigenvalue weighted by Crippen LogP contribution is 2.36. The third-order valence-corrected chi connectivity index (χ3v) is 10.4.